The van der Waals surface area contributed by atoms with Crippen LogP contribution in [0.4, 0.5) is 0 Å². The number of hydrogen-bond donors (Lipinski definition) is 1. The molecule has 0 atom stereocenters. The molecule has 4 nitrogen and oxygen atoms in total. The molecule has 0 saturated carbocycles. The van der Waals surface area contributed by atoms with Crippen LogP contribution in [0.1, 0.15) is 25.5 Å². The first kappa shape index (κ1) is 13.1. The minimum absolute atomic E-state index is 0.132. The van der Waals surface area contributed by atoms with E-state index >= 15 is 0 Å². The van der Waals surface area contributed by atoms with E-state index in [9.17, 15) is 5.11 Å². The highest BCUT2D eigenvalue weighted by Crippen LogP contribution is 2.29. The zero-order valence-electron chi connectivity index (χ0n) is 10.3. The molecule has 0 spiro atoms. The molecule has 1 N–H and O–H groups in total. The van der Waals surface area contributed by atoms with Crippen molar-refractivity contribution >= 4 is 11.6 Å². The number of benzene rings is 1. The molecule has 2 aromatic rings. The molecule has 2 rings (SSSR count). The summed E-state index contributed by atoms with van der Waals surface area (Å²) in [5, 5.41) is 18.1. The lowest BCUT2D eigenvalue weighted by Gasteiger charge is -2.08. The van der Waals surface area contributed by atoms with Gasteiger partial charge in [-0.3, -0.25) is 0 Å². The fraction of sp³-hybridized carbons (Fsp3) is 0.385. The molecule has 18 heavy (non-hydrogen) atoms. The summed E-state index contributed by atoms with van der Waals surface area (Å²) in [4.78, 5) is 0. The van der Waals surface area contributed by atoms with Crippen LogP contribution in [-0.2, 0) is 13.2 Å². The number of aliphatic hydroxyl groups excluding tert-OH is 1. The molecule has 0 aliphatic heterocycles. The van der Waals surface area contributed by atoms with Crippen LogP contribution in [0, 0.1) is 0 Å². The number of rotatable bonds is 5. The van der Waals surface area contributed by atoms with Crippen molar-refractivity contribution in [2.24, 2.45) is 0 Å². The molecule has 5 heteroatoms. The molecule has 0 bridgehead atoms. The summed E-state index contributed by atoms with van der Waals surface area (Å²) in [6.45, 7) is 2.77. The monoisotopic (exact) mass is 265 g/mol. The lowest BCUT2D eigenvalue weighted by Crippen LogP contribution is -2.03. The number of hydrogen-bond acceptors (Lipinski definition) is 3. The summed E-state index contributed by atoms with van der Waals surface area (Å²) in [7, 11) is 0. The Morgan fingerprint density at radius 1 is 1.33 bits per heavy atom. The Balaban J connectivity index is 2.47. The summed E-state index contributed by atoms with van der Waals surface area (Å²) >= 11 is 6.20. The van der Waals surface area contributed by atoms with E-state index in [1.807, 2.05) is 28.9 Å². The van der Waals surface area contributed by atoms with Crippen molar-refractivity contribution < 1.29 is 5.11 Å². The molecular weight excluding hydrogens is 250 g/mol. The molecule has 0 fully saturated rings. The first-order valence-electron chi connectivity index (χ1n) is 6.06. The van der Waals surface area contributed by atoms with Crippen molar-refractivity contribution in [3.8, 4) is 11.3 Å². The number of aryl methyl sites for hydroxylation is 1. The smallest absolute Gasteiger partial charge is 0.116 e. The lowest BCUT2D eigenvalue weighted by atomic mass is 10.1. The normalized spacial score (nSPS) is 10.8. The number of nitrogens with zero attached hydrogens (tertiary/aromatic N) is 3. The molecule has 1 aromatic carbocycles. The predicted octanol–water partition coefficient (Wildman–Crippen LogP) is 2.89. The molecule has 1 aromatic heterocycles. The summed E-state index contributed by atoms with van der Waals surface area (Å²) in [5.41, 5.74) is 2.25. The van der Waals surface area contributed by atoms with Crippen molar-refractivity contribution in [2.75, 3.05) is 0 Å². The van der Waals surface area contributed by atoms with Gasteiger partial charge in [0.25, 0.3) is 0 Å². The standard InChI is InChI=1S/C13H16ClN3O/c1-2-3-8-17-13(12(9-18)15-16-17)10-6-4-5-7-11(10)14/h4-7,18H,2-3,8-9H2,1H3. The van der Waals surface area contributed by atoms with E-state index in [4.69, 9.17) is 11.6 Å². The van der Waals surface area contributed by atoms with Crippen LogP contribution in [-0.4, -0.2) is 20.1 Å². The Bertz CT molecular complexity index is 525. The molecule has 0 saturated heterocycles. The van der Waals surface area contributed by atoms with Gasteiger partial charge < -0.3 is 5.11 Å². The number of halogens is 1. The SMILES string of the molecule is CCCCn1nnc(CO)c1-c1ccccc1Cl. The maximum Gasteiger partial charge on any atom is 0.116 e. The fourth-order valence-electron chi connectivity index (χ4n) is 1.87. The number of aromatic nitrogens is 3. The van der Waals surface area contributed by atoms with Gasteiger partial charge in [-0.15, -0.1) is 5.10 Å². The quantitative estimate of drug-likeness (QED) is 0.904. The lowest BCUT2D eigenvalue weighted by molar-refractivity contribution is 0.277. The summed E-state index contributed by atoms with van der Waals surface area (Å²) in [5.74, 6) is 0. The number of aliphatic hydroxyl groups is 1. The van der Waals surface area contributed by atoms with E-state index in [0.717, 1.165) is 30.6 Å². The Labute approximate surface area is 111 Å². The average molecular weight is 266 g/mol. The molecule has 1 heterocycles. The van der Waals surface area contributed by atoms with Crippen molar-refractivity contribution in [1.29, 1.82) is 0 Å². The second-order valence-electron chi connectivity index (χ2n) is 4.10. The third kappa shape index (κ3) is 2.54. The van der Waals surface area contributed by atoms with Gasteiger partial charge in [0, 0.05) is 12.1 Å². The second-order valence-corrected chi connectivity index (χ2v) is 4.51. The van der Waals surface area contributed by atoms with Crippen molar-refractivity contribution in [1.82, 2.24) is 15.0 Å². The maximum atomic E-state index is 9.35. The largest absolute Gasteiger partial charge is 0.390 e. The molecular formula is C13H16ClN3O. The van der Waals surface area contributed by atoms with Crippen LogP contribution in [0.3, 0.4) is 0 Å². The van der Waals surface area contributed by atoms with Crippen LogP contribution >= 0.6 is 11.6 Å². The fourth-order valence-corrected chi connectivity index (χ4v) is 2.09. The highest BCUT2D eigenvalue weighted by Gasteiger charge is 2.16. The summed E-state index contributed by atoms with van der Waals surface area (Å²) < 4.78 is 1.82. The van der Waals surface area contributed by atoms with E-state index < -0.39 is 0 Å². The van der Waals surface area contributed by atoms with Gasteiger partial charge in [-0.25, -0.2) is 4.68 Å². The van der Waals surface area contributed by atoms with Crippen LogP contribution in [0.15, 0.2) is 24.3 Å². The Hall–Kier alpha value is -1.39. The molecule has 96 valence electrons. The molecule has 0 aliphatic carbocycles. The Kier molecular flexibility index (Phi) is 4.33. The van der Waals surface area contributed by atoms with E-state index in [0.29, 0.717) is 10.7 Å². The van der Waals surface area contributed by atoms with Crippen molar-refractivity contribution in [3.63, 3.8) is 0 Å². The van der Waals surface area contributed by atoms with Crippen LogP contribution in [0.25, 0.3) is 11.3 Å². The Morgan fingerprint density at radius 2 is 2.11 bits per heavy atom. The van der Waals surface area contributed by atoms with Crippen LogP contribution < -0.4 is 0 Å². The van der Waals surface area contributed by atoms with Gasteiger partial charge in [0.1, 0.15) is 5.69 Å². The first-order chi connectivity index (χ1) is 8.77. The highest BCUT2D eigenvalue weighted by atomic mass is 35.5. The third-order valence-electron chi connectivity index (χ3n) is 2.81. The second kappa shape index (κ2) is 5.98. The zero-order chi connectivity index (χ0) is 13.0. The molecule has 0 unspecified atom stereocenters. The van der Waals surface area contributed by atoms with Gasteiger partial charge in [-0.1, -0.05) is 48.4 Å². The highest BCUT2D eigenvalue weighted by molar-refractivity contribution is 6.33. The average Bonchev–Trinajstić information content (AvgIpc) is 2.79. The molecule has 0 amide bonds. The third-order valence-corrected chi connectivity index (χ3v) is 3.14. The molecule has 0 aliphatic rings. The summed E-state index contributed by atoms with van der Waals surface area (Å²) in [6, 6.07) is 7.54. The van der Waals surface area contributed by atoms with Gasteiger partial charge in [0.05, 0.1) is 17.3 Å². The van der Waals surface area contributed by atoms with Gasteiger partial charge in [0.2, 0.25) is 0 Å². The minimum Gasteiger partial charge on any atom is -0.390 e. The molecule has 0 radical (unpaired) electrons. The summed E-state index contributed by atoms with van der Waals surface area (Å²) in [6.07, 6.45) is 2.10. The van der Waals surface area contributed by atoms with Crippen molar-refractivity contribution in [3.05, 3.63) is 35.0 Å². The number of unbranched alkanes of at least 4 members (excludes halogenated alkanes) is 1. The zero-order valence-corrected chi connectivity index (χ0v) is 11.1. The van der Waals surface area contributed by atoms with E-state index in [1.54, 1.807) is 0 Å². The maximum absolute atomic E-state index is 9.35. The predicted molar refractivity (Wildman–Crippen MR) is 71.3 cm³/mol. The van der Waals surface area contributed by atoms with Crippen LogP contribution in [0.2, 0.25) is 5.02 Å². The van der Waals surface area contributed by atoms with Crippen LogP contribution in [0.5, 0.6) is 0 Å². The Morgan fingerprint density at radius 3 is 2.78 bits per heavy atom. The topological polar surface area (TPSA) is 50.9 Å². The van der Waals surface area contributed by atoms with Gasteiger partial charge in [-0.2, -0.15) is 0 Å². The van der Waals surface area contributed by atoms with Gasteiger partial charge in [0.15, 0.2) is 0 Å². The minimum atomic E-state index is -0.132. The van der Waals surface area contributed by atoms with E-state index in [1.165, 1.54) is 0 Å². The van der Waals surface area contributed by atoms with Gasteiger partial charge >= 0.3 is 0 Å². The van der Waals surface area contributed by atoms with Crippen molar-refractivity contribution in [2.45, 2.75) is 32.9 Å². The van der Waals surface area contributed by atoms with E-state index in [-0.39, 0.29) is 6.61 Å². The first-order valence-corrected chi connectivity index (χ1v) is 6.43. The van der Waals surface area contributed by atoms with Gasteiger partial charge in [-0.05, 0) is 12.5 Å². The van der Waals surface area contributed by atoms with E-state index in [2.05, 4.69) is 17.2 Å².